The van der Waals surface area contributed by atoms with Crippen molar-refractivity contribution in [2.45, 2.75) is 25.7 Å². The van der Waals surface area contributed by atoms with E-state index in [1.54, 1.807) is 25.2 Å². The molecule has 2 heterocycles. The summed E-state index contributed by atoms with van der Waals surface area (Å²) in [6.45, 7) is 2.59. The molecule has 0 radical (unpaired) electrons. The average molecular weight is 393 g/mol. The van der Waals surface area contributed by atoms with Gasteiger partial charge in [-0.05, 0) is 24.1 Å². The molecule has 0 spiro atoms. The Bertz CT molecular complexity index is 991. The standard InChI is InChI=1S/C22H23N3O4/c1-4-14-5-7-15(8-6-14)22-23-21(24-29-22)16-9-20(26)25(13-16)17-10-18(27-2)12-19(11-17)28-3/h5-8,10-12,16H,4,9,13H2,1-3H3. The highest BCUT2D eigenvalue weighted by Gasteiger charge is 2.35. The molecular weight excluding hydrogens is 370 g/mol. The highest BCUT2D eigenvalue weighted by molar-refractivity contribution is 5.96. The number of carbonyl (C=O) groups is 1. The van der Waals surface area contributed by atoms with Crippen molar-refractivity contribution in [1.29, 1.82) is 0 Å². The van der Waals surface area contributed by atoms with Gasteiger partial charge in [-0.2, -0.15) is 4.98 Å². The van der Waals surface area contributed by atoms with Gasteiger partial charge in [0.25, 0.3) is 5.89 Å². The van der Waals surface area contributed by atoms with Crippen LogP contribution in [0, 0.1) is 0 Å². The van der Waals surface area contributed by atoms with E-state index in [-0.39, 0.29) is 11.8 Å². The molecule has 2 aromatic carbocycles. The topological polar surface area (TPSA) is 77.7 Å². The summed E-state index contributed by atoms with van der Waals surface area (Å²) in [6.07, 6.45) is 1.30. The number of ether oxygens (including phenoxy) is 2. The number of nitrogens with zero attached hydrogens (tertiary/aromatic N) is 3. The fourth-order valence-corrected chi connectivity index (χ4v) is 3.48. The molecule has 1 unspecified atom stereocenters. The van der Waals surface area contributed by atoms with E-state index in [4.69, 9.17) is 14.0 Å². The number of hydrogen-bond acceptors (Lipinski definition) is 6. The van der Waals surface area contributed by atoms with E-state index in [1.165, 1.54) is 5.56 Å². The van der Waals surface area contributed by atoms with E-state index in [9.17, 15) is 4.79 Å². The van der Waals surface area contributed by atoms with Crippen LogP contribution in [-0.4, -0.2) is 36.8 Å². The van der Waals surface area contributed by atoms with Crippen molar-refractivity contribution >= 4 is 11.6 Å². The Morgan fingerprint density at radius 1 is 1.10 bits per heavy atom. The predicted molar refractivity (Wildman–Crippen MR) is 108 cm³/mol. The molecule has 3 aromatic rings. The number of aromatic nitrogens is 2. The van der Waals surface area contributed by atoms with E-state index in [2.05, 4.69) is 29.2 Å². The Morgan fingerprint density at radius 3 is 2.41 bits per heavy atom. The number of benzene rings is 2. The van der Waals surface area contributed by atoms with Crippen molar-refractivity contribution in [2.75, 3.05) is 25.7 Å². The number of methoxy groups -OCH3 is 2. The number of amides is 1. The maximum Gasteiger partial charge on any atom is 0.257 e. The normalized spacial score (nSPS) is 16.3. The summed E-state index contributed by atoms with van der Waals surface area (Å²) in [4.78, 5) is 18.9. The maximum absolute atomic E-state index is 12.7. The van der Waals surface area contributed by atoms with Crippen LogP contribution < -0.4 is 14.4 Å². The third kappa shape index (κ3) is 3.81. The lowest BCUT2D eigenvalue weighted by Crippen LogP contribution is -2.24. The van der Waals surface area contributed by atoms with Gasteiger partial charge in [-0.1, -0.05) is 24.2 Å². The minimum atomic E-state index is -0.132. The highest BCUT2D eigenvalue weighted by Crippen LogP contribution is 2.35. The zero-order valence-electron chi connectivity index (χ0n) is 16.7. The molecule has 1 atom stereocenters. The highest BCUT2D eigenvalue weighted by atomic mass is 16.5. The SMILES string of the molecule is CCc1ccc(-c2nc(C3CC(=O)N(c4cc(OC)cc(OC)c4)C3)no2)cc1. The van der Waals surface area contributed by atoms with E-state index < -0.39 is 0 Å². The van der Waals surface area contributed by atoms with Gasteiger partial charge in [0, 0.05) is 42.6 Å². The largest absolute Gasteiger partial charge is 0.497 e. The lowest BCUT2D eigenvalue weighted by atomic mass is 10.1. The smallest absolute Gasteiger partial charge is 0.257 e. The van der Waals surface area contributed by atoms with Crippen molar-refractivity contribution in [1.82, 2.24) is 10.1 Å². The molecule has 1 aromatic heterocycles. The molecule has 7 heteroatoms. The van der Waals surface area contributed by atoms with Crippen LogP contribution in [0.5, 0.6) is 11.5 Å². The van der Waals surface area contributed by atoms with Gasteiger partial charge in [-0.25, -0.2) is 0 Å². The van der Waals surface area contributed by atoms with E-state index in [0.717, 1.165) is 17.7 Å². The molecule has 1 aliphatic rings. The van der Waals surface area contributed by atoms with Gasteiger partial charge in [0.1, 0.15) is 11.5 Å². The van der Waals surface area contributed by atoms with Gasteiger partial charge in [-0.3, -0.25) is 4.79 Å². The molecule has 4 rings (SSSR count). The van der Waals surface area contributed by atoms with Crippen molar-refractivity contribution in [3.05, 3.63) is 53.9 Å². The number of rotatable bonds is 6. The Hall–Kier alpha value is -3.35. The summed E-state index contributed by atoms with van der Waals surface area (Å²) < 4.78 is 16.1. The molecule has 1 fully saturated rings. The zero-order chi connectivity index (χ0) is 20.4. The number of aryl methyl sites for hydroxylation is 1. The molecule has 0 bridgehead atoms. The van der Waals surface area contributed by atoms with E-state index in [0.29, 0.717) is 36.2 Å². The first kappa shape index (κ1) is 19.0. The van der Waals surface area contributed by atoms with Crippen molar-refractivity contribution in [3.63, 3.8) is 0 Å². The first-order chi connectivity index (χ1) is 14.1. The van der Waals surface area contributed by atoms with Crippen LogP contribution in [0.1, 0.15) is 30.7 Å². The van der Waals surface area contributed by atoms with E-state index in [1.807, 2.05) is 24.3 Å². The maximum atomic E-state index is 12.7. The van der Waals surface area contributed by atoms with Crippen LogP contribution in [0.3, 0.4) is 0 Å². The van der Waals surface area contributed by atoms with Crippen LogP contribution in [0.4, 0.5) is 5.69 Å². The molecule has 1 aliphatic heterocycles. The summed E-state index contributed by atoms with van der Waals surface area (Å²) in [5.41, 5.74) is 2.85. The van der Waals surface area contributed by atoms with Gasteiger partial charge in [-0.15, -0.1) is 0 Å². The predicted octanol–water partition coefficient (Wildman–Crippen LogP) is 3.84. The Labute approximate surface area is 169 Å². The molecule has 7 nitrogen and oxygen atoms in total. The quantitative estimate of drug-likeness (QED) is 0.633. The molecular formula is C22H23N3O4. The Morgan fingerprint density at radius 2 is 1.79 bits per heavy atom. The van der Waals surface area contributed by atoms with Crippen LogP contribution >= 0.6 is 0 Å². The molecule has 1 amide bonds. The average Bonchev–Trinajstić information content (AvgIpc) is 3.40. The number of anilines is 1. The van der Waals surface area contributed by atoms with Gasteiger partial charge >= 0.3 is 0 Å². The first-order valence-corrected chi connectivity index (χ1v) is 9.57. The fourth-order valence-electron chi connectivity index (χ4n) is 3.48. The summed E-state index contributed by atoms with van der Waals surface area (Å²) in [5.74, 6) is 2.15. The van der Waals surface area contributed by atoms with Crippen LogP contribution in [0.25, 0.3) is 11.5 Å². The lowest BCUT2D eigenvalue weighted by molar-refractivity contribution is -0.117. The van der Waals surface area contributed by atoms with Crippen LogP contribution in [0.15, 0.2) is 47.0 Å². The summed E-state index contributed by atoms with van der Waals surface area (Å²) in [5, 5.41) is 4.13. The molecule has 150 valence electrons. The third-order valence-electron chi connectivity index (χ3n) is 5.19. The van der Waals surface area contributed by atoms with Crippen molar-refractivity contribution in [3.8, 4) is 23.0 Å². The summed E-state index contributed by atoms with van der Waals surface area (Å²) >= 11 is 0. The van der Waals surface area contributed by atoms with Crippen molar-refractivity contribution < 1.29 is 18.8 Å². The third-order valence-corrected chi connectivity index (χ3v) is 5.19. The lowest BCUT2D eigenvalue weighted by Gasteiger charge is -2.18. The monoisotopic (exact) mass is 393 g/mol. The van der Waals surface area contributed by atoms with Crippen LogP contribution in [0.2, 0.25) is 0 Å². The summed E-state index contributed by atoms with van der Waals surface area (Å²) in [6, 6.07) is 13.5. The van der Waals surface area contributed by atoms with Crippen LogP contribution in [-0.2, 0) is 11.2 Å². The summed E-state index contributed by atoms with van der Waals surface area (Å²) in [7, 11) is 3.17. The molecule has 0 N–H and O–H groups in total. The number of hydrogen-bond donors (Lipinski definition) is 0. The second-order valence-electron chi connectivity index (χ2n) is 6.98. The Balaban J connectivity index is 1.55. The second-order valence-corrected chi connectivity index (χ2v) is 6.98. The van der Waals surface area contributed by atoms with Gasteiger partial charge in [0.2, 0.25) is 5.91 Å². The van der Waals surface area contributed by atoms with Gasteiger partial charge in [0.05, 0.1) is 19.9 Å². The molecule has 29 heavy (non-hydrogen) atoms. The second kappa shape index (κ2) is 7.95. The minimum absolute atomic E-state index is 0.00366. The van der Waals surface area contributed by atoms with Gasteiger partial charge < -0.3 is 18.9 Å². The molecule has 1 saturated heterocycles. The Kier molecular flexibility index (Phi) is 5.20. The fraction of sp³-hybridized carbons (Fsp3) is 0.318. The number of carbonyl (C=O) groups excluding carboxylic acids is 1. The molecule has 0 aliphatic carbocycles. The molecule has 0 saturated carbocycles. The van der Waals surface area contributed by atoms with E-state index >= 15 is 0 Å². The van der Waals surface area contributed by atoms with Crippen molar-refractivity contribution in [2.24, 2.45) is 0 Å². The van der Waals surface area contributed by atoms with Gasteiger partial charge in [0.15, 0.2) is 5.82 Å². The zero-order valence-corrected chi connectivity index (χ0v) is 16.7. The first-order valence-electron chi connectivity index (χ1n) is 9.57. The minimum Gasteiger partial charge on any atom is -0.497 e.